The summed E-state index contributed by atoms with van der Waals surface area (Å²) in [7, 11) is 0. The highest BCUT2D eigenvalue weighted by Gasteiger charge is 2.36. The van der Waals surface area contributed by atoms with Gasteiger partial charge in [0.2, 0.25) is 5.27 Å². The molecule has 0 radical (unpaired) electrons. The Kier molecular flexibility index (Phi) is 5.44. The number of hydrogen-bond acceptors (Lipinski definition) is 8. The molecular weight excluding hydrogens is 477 g/mol. The van der Waals surface area contributed by atoms with E-state index in [-0.39, 0.29) is 32.4 Å². The molecule has 33 heavy (non-hydrogen) atoms. The molecule has 0 atom stereocenters. The van der Waals surface area contributed by atoms with Gasteiger partial charge in [-0.15, -0.1) is 22.7 Å². The van der Waals surface area contributed by atoms with Gasteiger partial charge in [0.05, 0.1) is 39.7 Å². The number of hydrogen-bond donors (Lipinski definition) is 2. The maximum absolute atomic E-state index is 13.8. The molecule has 4 aromatic heterocycles. The molecule has 1 amide bonds. The number of halogens is 3. The van der Waals surface area contributed by atoms with Crippen LogP contribution >= 0.6 is 22.7 Å². The number of aromatic nitrogens is 3. The molecule has 5 rings (SSSR count). The lowest BCUT2D eigenvalue weighted by molar-refractivity contribution is -0.759. The second kappa shape index (κ2) is 8.30. The first kappa shape index (κ1) is 21.6. The topological polar surface area (TPSA) is 101 Å². The molecule has 1 saturated heterocycles. The molecule has 0 aliphatic carbocycles. The van der Waals surface area contributed by atoms with Gasteiger partial charge in [-0.05, 0) is 36.8 Å². The Labute approximate surface area is 193 Å². The second-order valence-electron chi connectivity index (χ2n) is 7.51. The van der Waals surface area contributed by atoms with Gasteiger partial charge in [0, 0.05) is 5.39 Å². The van der Waals surface area contributed by atoms with Gasteiger partial charge in [0.25, 0.3) is 12.1 Å². The Morgan fingerprint density at radius 3 is 2.76 bits per heavy atom. The zero-order valence-corrected chi connectivity index (χ0v) is 18.7. The summed E-state index contributed by atoms with van der Waals surface area (Å²) in [5.41, 5.74) is 5.02. The number of amides is 1. The van der Waals surface area contributed by atoms with E-state index in [2.05, 4.69) is 15.6 Å². The van der Waals surface area contributed by atoms with Crippen molar-refractivity contribution in [3.63, 3.8) is 0 Å². The van der Waals surface area contributed by atoms with Crippen LogP contribution in [0.4, 0.5) is 24.7 Å². The summed E-state index contributed by atoms with van der Waals surface area (Å²) in [6, 6.07) is 4.39. The Morgan fingerprint density at radius 1 is 1.27 bits per heavy atom. The Bertz CT molecular complexity index is 1310. The minimum atomic E-state index is -4.67. The van der Waals surface area contributed by atoms with E-state index in [9.17, 15) is 18.0 Å². The molecule has 0 spiro atoms. The van der Waals surface area contributed by atoms with E-state index in [4.69, 9.17) is 10.3 Å². The molecule has 0 unspecified atom stereocenters. The van der Waals surface area contributed by atoms with E-state index >= 15 is 0 Å². The van der Waals surface area contributed by atoms with Crippen LogP contribution in [-0.2, 0) is 6.18 Å². The third-order valence-corrected chi connectivity index (χ3v) is 7.29. The molecule has 3 N–H and O–H groups in total. The van der Waals surface area contributed by atoms with Crippen LogP contribution in [0.15, 0.2) is 34.3 Å². The number of thiophene rings is 2. The van der Waals surface area contributed by atoms with E-state index in [0.717, 1.165) is 49.8 Å². The van der Waals surface area contributed by atoms with Crippen LogP contribution in [0, 0.1) is 0 Å². The summed E-state index contributed by atoms with van der Waals surface area (Å²) < 4.78 is 46.7. The number of nitrogens with one attached hydrogen (secondary N) is 1. The van der Waals surface area contributed by atoms with Gasteiger partial charge in [-0.2, -0.15) is 18.2 Å². The number of piperidine rings is 1. The summed E-state index contributed by atoms with van der Waals surface area (Å²) in [5, 5.41) is 9.88. The monoisotopic (exact) mass is 495 g/mol. The summed E-state index contributed by atoms with van der Waals surface area (Å²) in [6.07, 6.45) is 0.0533. The number of nitrogen functional groups attached to an aromatic ring is 1. The highest BCUT2D eigenvalue weighted by Crippen LogP contribution is 2.44. The van der Waals surface area contributed by atoms with Crippen molar-refractivity contribution in [2.24, 2.45) is 0 Å². The number of anilines is 2. The maximum Gasteiger partial charge on any atom is 0.417 e. The van der Waals surface area contributed by atoms with Crippen LogP contribution in [-0.4, -0.2) is 29.3 Å². The van der Waals surface area contributed by atoms with E-state index in [0.29, 0.717) is 4.88 Å². The van der Waals surface area contributed by atoms with Crippen molar-refractivity contribution in [3.05, 3.63) is 40.2 Å². The molecule has 13 heteroatoms. The molecule has 1 aliphatic heterocycles. The normalized spacial score (nSPS) is 14.7. The standard InChI is InChI=1S/C20H17F3N6O2S2/c21-20(22,23)11-9-12(13-5-4-8-32-13)25-19-15(11)16(24)17(33-19)18(30)26-14-10-29(27-31-14)28-6-2-1-3-7-28/h4-5,8-10H,1-3,6-7H2,(H2-,24,26,27,30)/p+1. The zero-order valence-electron chi connectivity index (χ0n) is 17.1. The molecule has 0 saturated carbocycles. The average molecular weight is 496 g/mol. The molecule has 8 nitrogen and oxygen atoms in total. The fraction of sp³-hybridized carbons (Fsp3) is 0.300. The van der Waals surface area contributed by atoms with E-state index < -0.39 is 17.6 Å². The van der Waals surface area contributed by atoms with Crippen LogP contribution < -0.4 is 20.9 Å². The highest BCUT2D eigenvalue weighted by molar-refractivity contribution is 7.21. The van der Waals surface area contributed by atoms with Crippen molar-refractivity contribution in [1.82, 2.24) is 10.3 Å². The fourth-order valence-corrected chi connectivity index (χ4v) is 5.44. The van der Waals surface area contributed by atoms with Gasteiger partial charge < -0.3 is 5.73 Å². The molecular formula is C20H18F3N6O2S2+. The first-order valence-corrected chi connectivity index (χ1v) is 11.8. The van der Waals surface area contributed by atoms with Crippen molar-refractivity contribution in [2.75, 3.05) is 29.1 Å². The van der Waals surface area contributed by atoms with Gasteiger partial charge in [-0.1, -0.05) is 6.07 Å². The van der Waals surface area contributed by atoms with Gasteiger partial charge in [0.1, 0.15) is 9.71 Å². The fourth-order valence-electron chi connectivity index (χ4n) is 3.74. The van der Waals surface area contributed by atoms with Crippen molar-refractivity contribution < 1.29 is 27.3 Å². The molecule has 0 aromatic carbocycles. The van der Waals surface area contributed by atoms with Crippen LogP contribution in [0.5, 0.6) is 0 Å². The van der Waals surface area contributed by atoms with E-state index in [1.165, 1.54) is 22.3 Å². The maximum atomic E-state index is 13.8. The number of alkyl halides is 3. The Balaban J connectivity index is 1.49. The number of fused-ring (bicyclic) bond motifs is 1. The van der Waals surface area contributed by atoms with Crippen molar-refractivity contribution in [3.8, 4) is 10.6 Å². The minimum absolute atomic E-state index is 0.0387. The highest BCUT2D eigenvalue weighted by atomic mass is 32.1. The number of rotatable bonds is 4. The Hall–Kier alpha value is -3.19. The van der Waals surface area contributed by atoms with Crippen LogP contribution in [0.3, 0.4) is 0 Å². The lowest BCUT2D eigenvalue weighted by Gasteiger charge is -2.17. The smallest absolute Gasteiger partial charge is 0.397 e. The van der Waals surface area contributed by atoms with Crippen LogP contribution in [0.25, 0.3) is 20.8 Å². The molecule has 0 bridgehead atoms. The van der Waals surface area contributed by atoms with Gasteiger partial charge in [-0.25, -0.2) is 4.98 Å². The predicted octanol–water partition coefficient (Wildman–Crippen LogP) is 4.28. The number of carbonyl (C=O) groups excluding carboxylic acids is 1. The van der Waals surface area contributed by atoms with Crippen molar-refractivity contribution >= 4 is 50.4 Å². The lowest BCUT2D eigenvalue weighted by Crippen LogP contribution is -2.60. The zero-order chi connectivity index (χ0) is 23.2. The third kappa shape index (κ3) is 4.13. The molecule has 4 aromatic rings. The summed E-state index contributed by atoms with van der Waals surface area (Å²) in [4.78, 5) is 19.3. The second-order valence-corrected chi connectivity index (χ2v) is 9.46. The SMILES string of the molecule is Nc1c(C(=O)Nc2c[n+](N3CCCCC3)no2)sc2nc(-c3cccs3)cc(C(F)(F)F)c12. The minimum Gasteiger partial charge on any atom is -0.397 e. The van der Waals surface area contributed by atoms with Gasteiger partial charge in [-0.3, -0.25) is 14.6 Å². The first-order chi connectivity index (χ1) is 15.8. The molecule has 172 valence electrons. The van der Waals surface area contributed by atoms with Gasteiger partial charge in [0.15, 0.2) is 0 Å². The van der Waals surface area contributed by atoms with E-state index in [1.54, 1.807) is 17.5 Å². The molecule has 5 heterocycles. The van der Waals surface area contributed by atoms with Gasteiger partial charge >= 0.3 is 12.1 Å². The van der Waals surface area contributed by atoms with Crippen molar-refractivity contribution in [1.29, 1.82) is 0 Å². The summed E-state index contributed by atoms with van der Waals surface area (Å²) in [5.74, 6) is -0.631. The molecule has 1 aliphatic rings. The number of pyridine rings is 1. The number of nitrogens with two attached hydrogens (primary N) is 1. The van der Waals surface area contributed by atoms with E-state index in [1.807, 2.05) is 5.01 Å². The van der Waals surface area contributed by atoms with Crippen molar-refractivity contribution in [2.45, 2.75) is 25.4 Å². The number of carbonyl (C=O) groups is 1. The predicted molar refractivity (Wildman–Crippen MR) is 119 cm³/mol. The quantitative estimate of drug-likeness (QED) is 0.410. The average Bonchev–Trinajstić information content (AvgIpc) is 3.54. The third-order valence-electron chi connectivity index (χ3n) is 5.30. The summed E-state index contributed by atoms with van der Waals surface area (Å²) >= 11 is 2.08. The lowest BCUT2D eigenvalue weighted by atomic mass is 10.1. The largest absolute Gasteiger partial charge is 0.417 e. The summed E-state index contributed by atoms with van der Waals surface area (Å²) in [6.45, 7) is 1.62. The molecule has 1 fully saturated rings. The van der Waals surface area contributed by atoms with Crippen LogP contribution in [0.1, 0.15) is 34.5 Å². The number of nitrogens with zero attached hydrogens (tertiary/aromatic N) is 4. The van der Waals surface area contributed by atoms with Crippen LogP contribution in [0.2, 0.25) is 0 Å². The first-order valence-electron chi connectivity index (χ1n) is 10.1. The Morgan fingerprint density at radius 2 is 2.06 bits per heavy atom.